The Kier molecular flexibility index (Phi) is 4.12. The van der Waals surface area contributed by atoms with E-state index in [4.69, 9.17) is 9.47 Å². The van der Waals surface area contributed by atoms with E-state index in [0.717, 1.165) is 5.56 Å². The van der Waals surface area contributed by atoms with Gasteiger partial charge in [0.15, 0.2) is 5.75 Å². The van der Waals surface area contributed by atoms with Crippen molar-refractivity contribution >= 4 is 17.6 Å². The van der Waals surface area contributed by atoms with Gasteiger partial charge in [-0.1, -0.05) is 18.2 Å². The van der Waals surface area contributed by atoms with Gasteiger partial charge in [0.1, 0.15) is 17.5 Å². The van der Waals surface area contributed by atoms with E-state index in [-0.39, 0.29) is 5.91 Å². The van der Waals surface area contributed by atoms with E-state index in [2.05, 4.69) is 5.32 Å². The van der Waals surface area contributed by atoms with Crippen LogP contribution in [0.25, 0.3) is 0 Å². The van der Waals surface area contributed by atoms with Crippen LogP contribution in [-0.4, -0.2) is 25.1 Å². The van der Waals surface area contributed by atoms with Crippen molar-refractivity contribution in [2.75, 3.05) is 12.0 Å². The molecule has 0 radical (unpaired) electrons. The van der Waals surface area contributed by atoms with Crippen molar-refractivity contribution in [2.45, 2.75) is 19.9 Å². The molecule has 1 aliphatic heterocycles. The number of hydrogen-bond donors (Lipinski definition) is 1. The van der Waals surface area contributed by atoms with Crippen LogP contribution in [0.3, 0.4) is 0 Å². The zero-order valence-electron chi connectivity index (χ0n) is 13.7. The maximum absolute atomic E-state index is 12.1. The summed E-state index contributed by atoms with van der Waals surface area (Å²) in [5.41, 5.74) is 1.47. The van der Waals surface area contributed by atoms with Crippen LogP contribution >= 0.6 is 0 Å². The van der Waals surface area contributed by atoms with Gasteiger partial charge in [-0.15, -0.1) is 0 Å². The molecule has 0 aromatic heterocycles. The Balaban J connectivity index is 1.99. The van der Waals surface area contributed by atoms with Gasteiger partial charge in [0.25, 0.3) is 5.91 Å². The predicted octanol–water partition coefficient (Wildman–Crippen LogP) is 3.24. The lowest BCUT2D eigenvalue weighted by Gasteiger charge is -2.22. The minimum Gasteiger partial charge on any atom is -0.497 e. The highest BCUT2D eigenvalue weighted by atomic mass is 16.5. The Bertz CT molecular complexity index is 803. The highest BCUT2D eigenvalue weighted by molar-refractivity contribution is 6.14. The molecule has 0 bridgehead atoms. The van der Waals surface area contributed by atoms with Crippen molar-refractivity contribution in [3.8, 4) is 17.2 Å². The van der Waals surface area contributed by atoms with Crippen LogP contribution in [0.1, 0.15) is 12.5 Å². The quantitative estimate of drug-likeness (QED) is 0.876. The van der Waals surface area contributed by atoms with Crippen molar-refractivity contribution in [3.05, 3.63) is 48.0 Å². The molecule has 1 heterocycles. The smallest absolute Gasteiger partial charge is 0.329 e. The predicted molar refractivity (Wildman–Crippen MR) is 89.7 cm³/mol. The molecule has 3 amide bonds. The van der Waals surface area contributed by atoms with Crippen LogP contribution in [0, 0.1) is 6.92 Å². The van der Waals surface area contributed by atoms with E-state index < -0.39 is 12.1 Å². The van der Waals surface area contributed by atoms with Crippen molar-refractivity contribution in [1.29, 1.82) is 0 Å². The van der Waals surface area contributed by atoms with E-state index in [1.54, 1.807) is 38.3 Å². The Morgan fingerprint density at radius 2 is 1.83 bits per heavy atom. The fourth-order valence-electron chi connectivity index (χ4n) is 2.56. The summed E-state index contributed by atoms with van der Waals surface area (Å²) in [6, 6.07) is 11.6. The molecule has 1 atom stereocenters. The lowest BCUT2D eigenvalue weighted by Crippen LogP contribution is -2.32. The summed E-state index contributed by atoms with van der Waals surface area (Å²) in [5, 5.41) is 2.31. The number of aryl methyl sites for hydroxylation is 1. The average Bonchev–Trinajstić information content (AvgIpc) is 2.83. The summed E-state index contributed by atoms with van der Waals surface area (Å²) >= 11 is 0. The fraction of sp³-hybridized carbons (Fsp3) is 0.222. The highest BCUT2D eigenvalue weighted by Gasteiger charge is 2.37. The Morgan fingerprint density at radius 1 is 1.08 bits per heavy atom. The lowest BCUT2D eigenvalue weighted by atomic mass is 10.2. The van der Waals surface area contributed by atoms with Gasteiger partial charge in [-0.25, -0.2) is 4.79 Å². The first-order valence-corrected chi connectivity index (χ1v) is 7.57. The number of ether oxygens (including phenoxy) is 2. The number of rotatable bonds is 4. The van der Waals surface area contributed by atoms with Crippen molar-refractivity contribution < 1.29 is 19.1 Å². The number of anilines is 1. The number of methoxy groups -OCH3 is 1. The van der Waals surface area contributed by atoms with E-state index in [9.17, 15) is 9.59 Å². The monoisotopic (exact) mass is 326 g/mol. The number of benzene rings is 2. The second-order valence-electron chi connectivity index (χ2n) is 5.54. The number of nitrogens with zero attached hydrogens (tertiary/aromatic N) is 1. The van der Waals surface area contributed by atoms with Gasteiger partial charge >= 0.3 is 6.03 Å². The molecule has 2 aromatic carbocycles. The Hall–Kier alpha value is -3.02. The normalized spacial score (nSPS) is 17.0. The standard InChI is InChI=1S/C18H18N2O4/c1-11-8-9-13(23-3)10-16(11)24-15-7-5-4-6-14(15)20-12(2)17(21)19-18(20)22/h4-10,12H,1-3H3,(H,19,21,22)/t12-/m1/s1. The molecule has 0 saturated carbocycles. The maximum atomic E-state index is 12.1. The third-order valence-corrected chi connectivity index (χ3v) is 3.96. The molecule has 0 unspecified atom stereocenters. The Morgan fingerprint density at radius 3 is 2.50 bits per heavy atom. The fourth-order valence-corrected chi connectivity index (χ4v) is 2.56. The molecule has 124 valence electrons. The van der Waals surface area contributed by atoms with Gasteiger partial charge in [-0.05, 0) is 37.6 Å². The zero-order valence-corrected chi connectivity index (χ0v) is 13.7. The number of amides is 3. The molecule has 6 heteroatoms. The van der Waals surface area contributed by atoms with Gasteiger partial charge in [0.05, 0.1) is 12.8 Å². The molecule has 1 N–H and O–H groups in total. The van der Waals surface area contributed by atoms with Crippen molar-refractivity contribution in [2.24, 2.45) is 0 Å². The number of urea groups is 1. The maximum Gasteiger partial charge on any atom is 0.329 e. The number of carbonyl (C=O) groups excluding carboxylic acids is 2. The molecule has 3 rings (SSSR count). The van der Waals surface area contributed by atoms with Gasteiger partial charge in [0.2, 0.25) is 0 Å². The number of imide groups is 1. The molecule has 1 aliphatic rings. The number of para-hydroxylation sites is 2. The third-order valence-electron chi connectivity index (χ3n) is 3.96. The molecular weight excluding hydrogens is 308 g/mol. The summed E-state index contributed by atoms with van der Waals surface area (Å²) in [4.78, 5) is 25.2. The van der Waals surface area contributed by atoms with E-state index in [0.29, 0.717) is 22.9 Å². The average molecular weight is 326 g/mol. The topological polar surface area (TPSA) is 67.9 Å². The second-order valence-corrected chi connectivity index (χ2v) is 5.54. The first-order chi connectivity index (χ1) is 11.5. The van der Waals surface area contributed by atoms with Crippen LogP contribution in [0.5, 0.6) is 17.2 Å². The number of carbonyl (C=O) groups is 2. The van der Waals surface area contributed by atoms with Crippen LogP contribution in [-0.2, 0) is 4.79 Å². The van der Waals surface area contributed by atoms with Crippen molar-refractivity contribution in [3.63, 3.8) is 0 Å². The molecule has 0 spiro atoms. The van der Waals surface area contributed by atoms with E-state index >= 15 is 0 Å². The molecule has 1 saturated heterocycles. The van der Waals surface area contributed by atoms with Crippen molar-refractivity contribution in [1.82, 2.24) is 5.32 Å². The van der Waals surface area contributed by atoms with Crippen LogP contribution in [0.4, 0.5) is 10.5 Å². The van der Waals surface area contributed by atoms with Gasteiger partial charge in [0, 0.05) is 6.07 Å². The summed E-state index contributed by atoms with van der Waals surface area (Å²) in [7, 11) is 1.59. The first-order valence-electron chi connectivity index (χ1n) is 7.57. The van der Waals surface area contributed by atoms with E-state index in [1.165, 1.54) is 4.90 Å². The van der Waals surface area contributed by atoms with Gasteiger partial charge in [-0.3, -0.25) is 15.0 Å². The Labute approximate surface area is 140 Å². The molecule has 1 fully saturated rings. The second kappa shape index (κ2) is 6.23. The molecule has 24 heavy (non-hydrogen) atoms. The van der Waals surface area contributed by atoms with Gasteiger partial charge < -0.3 is 9.47 Å². The molecule has 0 aliphatic carbocycles. The van der Waals surface area contributed by atoms with Crippen LogP contribution in [0.15, 0.2) is 42.5 Å². The minimum atomic E-state index is -0.589. The summed E-state index contributed by atoms with van der Waals surface area (Å²) in [6.07, 6.45) is 0. The largest absolute Gasteiger partial charge is 0.497 e. The number of nitrogens with one attached hydrogen (secondary N) is 1. The molecule has 2 aromatic rings. The first kappa shape index (κ1) is 15.9. The molecular formula is C18H18N2O4. The summed E-state index contributed by atoms with van der Waals surface area (Å²) in [6.45, 7) is 3.60. The zero-order chi connectivity index (χ0) is 17.3. The summed E-state index contributed by atoms with van der Waals surface area (Å²) < 4.78 is 11.2. The molecule has 6 nitrogen and oxygen atoms in total. The minimum absolute atomic E-state index is 0.327. The third kappa shape index (κ3) is 2.78. The van der Waals surface area contributed by atoms with Crippen LogP contribution in [0.2, 0.25) is 0 Å². The van der Waals surface area contributed by atoms with Gasteiger partial charge in [-0.2, -0.15) is 0 Å². The summed E-state index contributed by atoms with van der Waals surface area (Å²) in [5.74, 6) is 1.47. The lowest BCUT2D eigenvalue weighted by molar-refractivity contribution is -0.119. The van der Waals surface area contributed by atoms with Crippen LogP contribution < -0.4 is 19.7 Å². The van der Waals surface area contributed by atoms with E-state index in [1.807, 2.05) is 25.1 Å². The number of hydrogen-bond acceptors (Lipinski definition) is 4. The highest BCUT2D eigenvalue weighted by Crippen LogP contribution is 2.36. The SMILES string of the molecule is COc1ccc(C)c(Oc2ccccc2N2C(=O)NC(=O)[C@H]2C)c1.